The molecule has 0 amide bonds. The van der Waals surface area contributed by atoms with Crippen molar-refractivity contribution in [3.8, 4) is 0 Å². The zero-order valence-electron chi connectivity index (χ0n) is 13.9. The summed E-state index contributed by atoms with van der Waals surface area (Å²) in [6, 6.07) is 0.492. The van der Waals surface area contributed by atoms with Crippen molar-refractivity contribution >= 4 is 5.97 Å². The number of likely N-dealkylation sites (N-methyl/N-ethyl adjacent to an activating group) is 1. The molecule has 0 aromatic carbocycles. The SMILES string of the molecule is CCOC(=O)C1(NC)CCC(N(CC)CC(C)CC)C1. The molecule has 20 heavy (non-hydrogen) atoms. The van der Waals surface area contributed by atoms with Gasteiger partial charge in [-0.25, -0.2) is 0 Å². The molecule has 1 rings (SSSR count). The van der Waals surface area contributed by atoms with Gasteiger partial charge in [-0.15, -0.1) is 0 Å². The lowest BCUT2D eigenvalue weighted by molar-refractivity contribution is -0.151. The Hall–Kier alpha value is -0.610. The molecule has 0 saturated heterocycles. The van der Waals surface area contributed by atoms with Gasteiger partial charge in [-0.2, -0.15) is 0 Å². The maximum atomic E-state index is 12.2. The minimum absolute atomic E-state index is 0.0791. The normalized spacial score (nSPS) is 27.8. The van der Waals surface area contributed by atoms with E-state index in [4.69, 9.17) is 4.74 Å². The Morgan fingerprint density at radius 3 is 2.65 bits per heavy atom. The van der Waals surface area contributed by atoms with Crippen LogP contribution in [0.3, 0.4) is 0 Å². The van der Waals surface area contributed by atoms with Crippen LogP contribution in [0.4, 0.5) is 0 Å². The fourth-order valence-electron chi connectivity index (χ4n) is 3.18. The van der Waals surface area contributed by atoms with Crippen molar-refractivity contribution in [1.29, 1.82) is 0 Å². The maximum absolute atomic E-state index is 12.2. The number of hydrogen-bond acceptors (Lipinski definition) is 4. The van der Waals surface area contributed by atoms with Crippen molar-refractivity contribution in [2.75, 3.05) is 26.7 Å². The van der Waals surface area contributed by atoms with Gasteiger partial charge < -0.3 is 15.0 Å². The van der Waals surface area contributed by atoms with Gasteiger partial charge in [0.1, 0.15) is 5.54 Å². The fraction of sp³-hybridized carbons (Fsp3) is 0.938. The summed E-state index contributed by atoms with van der Waals surface area (Å²) in [5.41, 5.74) is -0.469. The first-order chi connectivity index (χ1) is 9.52. The van der Waals surface area contributed by atoms with Crippen LogP contribution in [-0.2, 0) is 9.53 Å². The molecular formula is C16H32N2O2. The van der Waals surface area contributed by atoms with E-state index >= 15 is 0 Å². The Morgan fingerprint density at radius 2 is 2.15 bits per heavy atom. The van der Waals surface area contributed by atoms with Crippen LogP contribution < -0.4 is 5.32 Å². The molecule has 0 heterocycles. The molecule has 1 aliphatic rings. The Balaban J connectivity index is 2.69. The van der Waals surface area contributed by atoms with Gasteiger partial charge in [0.15, 0.2) is 0 Å². The molecule has 0 aromatic heterocycles. The summed E-state index contributed by atoms with van der Waals surface area (Å²) in [6.45, 7) is 11.3. The third-order valence-corrected chi connectivity index (χ3v) is 4.80. The monoisotopic (exact) mass is 284 g/mol. The van der Waals surface area contributed by atoms with Crippen LogP contribution in [0.5, 0.6) is 0 Å². The van der Waals surface area contributed by atoms with Gasteiger partial charge in [0.2, 0.25) is 0 Å². The number of rotatable bonds is 8. The van der Waals surface area contributed by atoms with Crippen LogP contribution in [0.1, 0.15) is 53.4 Å². The summed E-state index contributed by atoms with van der Waals surface area (Å²) in [5.74, 6) is 0.631. The molecule has 3 atom stereocenters. The molecule has 3 unspecified atom stereocenters. The molecule has 4 nitrogen and oxygen atoms in total. The standard InChI is InChI=1S/C16H32N2O2/c1-6-13(4)12-18(7-2)14-9-10-16(11-14,17-5)15(19)20-8-3/h13-14,17H,6-12H2,1-5H3. The van der Waals surface area contributed by atoms with Crippen LogP contribution in [0.25, 0.3) is 0 Å². The molecule has 0 radical (unpaired) electrons. The highest BCUT2D eigenvalue weighted by molar-refractivity contribution is 5.81. The number of hydrogen-bond donors (Lipinski definition) is 1. The Kier molecular flexibility index (Phi) is 6.96. The molecule has 0 bridgehead atoms. The zero-order chi connectivity index (χ0) is 15.2. The molecule has 1 N–H and O–H groups in total. The molecule has 0 spiro atoms. The molecule has 1 aliphatic carbocycles. The molecule has 1 fully saturated rings. The van der Waals surface area contributed by atoms with Crippen LogP contribution >= 0.6 is 0 Å². The minimum atomic E-state index is -0.469. The minimum Gasteiger partial charge on any atom is -0.465 e. The van der Waals surface area contributed by atoms with Gasteiger partial charge in [-0.3, -0.25) is 4.79 Å². The van der Waals surface area contributed by atoms with Crippen molar-refractivity contribution in [3.05, 3.63) is 0 Å². The Morgan fingerprint density at radius 1 is 1.45 bits per heavy atom. The van der Waals surface area contributed by atoms with Crippen molar-refractivity contribution in [1.82, 2.24) is 10.2 Å². The van der Waals surface area contributed by atoms with E-state index in [1.165, 1.54) is 6.42 Å². The Bertz CT molecular complexity index is 309. The first-order valence-electron chi connectivity index (χ1n) is 8.13. The first-order valence-corrected chi connectivity index (χ1v) is 8.13. The molecule has 1 saturated carbocycles. The van der Waals surface area contributed by atoms with Gasteiger partial charge in [0, 0.05) is 12.6 Å². The lowest BCUT2D eigenvalue weighted by Crippen LogP contribution is -2.50. The number of esters is 1. The average Bonchev–Trinajstić information content (AvgIpc) is 2.90. The first kappa shape index (κ1) is 17.4. The second kappa shape index (κ2) is 7.99. The largest absolute Gasteiger partial charge is 0.465 e. The predicted octanol–water partition coefficient (Wildman–Crippen LogP) is 2.43. The number of carbonyl (C=O) groups is 1. The second-order valence-corrected chi connectivity index (χ2v) is 6.05. The van der Waals surface area contributed by atoms with E-state index in [1.807, 2.05) is 14.0 Å². The quantitative estimate of drug-likeness (QED) is 0.695. The van der Waals surface area contributed by atoms with Gasteiger partial charge >= 0.3 is 5.97 Å². The highest BCUT2D eigenvalue weighted by atomic mass is 16.5. The summed E-state index contributed by atoms with van der Waals surface area (Å²) in [7, 11) is 1.88. The molecule has 4 heteroatoms. The van der Waals surface area contributed by atoms with Crippen LogP contribution in [0, 0.1) is 5.92 Å². The van der Waals surface area contributed by atoms with Gasteiger partial charge in [0.25, 0.3) is 0 Å². The summed E-state index contributed by atoms with van der Waals surface area (Å²) in [6.07, 6.45) is 4.03. The van der Waals surface area contributed by atoms with Crippen molar-refractivity contribution in [2.45, 2.75) is 65.0 Å². The van der Waals surface area contributed by atoms with E-state index in [0.29, 0.717) is 18.6 Å². The smallest absolute Gasteiger partial charge is 0.326 e. The van der Waals surface area contributed by atoms with Crippen molar-refractivity contribution < 1.29 is 9.53 Å². The number of carbonyl (C=O) groups excluding carboxylic acids is 1. The van der Waals surface area contributed by atoms with Crippen molar-refractivity contribution in [3.63, 3.8) is 0 Å². The number of nitrogens with zero attached hydrogens (tertiary/aromatic N) is 1. The van der Waals surface area contributed by atoms with E-state index in [1.54, 1.807) is 0 Å². The zero-order valence-corrected chi connectivity index (χ0v) is 13.9. The third kappa shape index (κ3) is 3.95. The molecule has 118 valence electrons. The van der Waals surface area contributed by atoms with Crippen molar-refractivity contribution in [2.24, 2.45) is 5.92 Å². The predicted molar refractivity (Wildman–Crippen MR) is 82.8 cm³/mol. The number of nitrogens with one attached hydrogen (secondary N) is 1. The summed E-state index contributed by atoms with van der Waals surface area (Å²) < 4.78 is 5.26. The van der Waals surface area contributed by atoms with Crippen LogP contribution in [-0.4, -0.2) is 49.2 Å². The average molecular weight is 284 g/mol. The second-order valence-electron chi connectivity index (χ2n) is 6.05. The summed E-state index contributed by atoms with van der Waals surface area (Å²) in [4.78, 5) is 14.8. The lowest BCUT2D eigenvalue weighted by Gasteiger charge is -2.32. The highest BCUT2D eigenvalue weighted by Crippen LogP contribution is 2.34. The van der Waals surface area contributed by atoms with Gasteiger partial charge in [-0.1, -0.05) is 27.2 Å². The van der Waals surface area contributed by atoms with Crippen LogP contribution in [0.15, 0.2) is 0 Å². The molecular weight excluding hydrogens is 252 g/mol. The fourth-order valence-corrected chi connectivity index (χ4v) is 3.18. The Labute approximate surface area is 124 Å². The topological polar surface area (TPSA) is 41.6 Å². The molecule has 0 aliphatic heterocycles. The van der Waals surface area contributed by atoms with E-state index in [0.717, 1.165) is 32.4 Å². The van der Waals surface area contributed by atoms with Gasteiger partial charge in [-0.05, 0) is 45.7 Å². The van der Waals surface area contributed by atoms with E-state index in [-0.39, 0.29) is 5.97 Å². The highest BCUT2D eigenvalue weighted by Gasteiger charge is 2.46. The maximum Gasteiger partial charge on any atom is 0.326 e. The summed E-state index contributed by atoms with van der Waals surface area (Å²) in [5, 5.41) is 3.24. The van der Waals surface area contributed by atoms with Crippen LogP contribution in [0.2, 0.25) is 0 Å². The third-order valence-electron chi connectivity index (χ3n) is 4.80. The lowest BCUT2D eigenvalue weighted by atomic mass is 9.97. The summed E-state index contributed by atoms with van der Waals surface area (Å²) >= 11 is 0. The van der Waals surface area contributed by atoms with Gasteiger partial charge in [0.05, 0.1) is 6.61 Å². The number of ether oxygens (including phenoxy) is 1. The van der Waals surface area contributed by atoms with E-state index < -0.39 is 5.54 Å². The molecule has 0 aromatic rings. The van der Waals surface area contributed by atoms with E-state index in [2.05, 4.69) is 31.0 Å². The van der Waals surface area contributed by atoms with E-state index in [9.17, 15) is 4.79 Å².